The fourth-order valence-corrected chi connectivity index (χ4v) is 3.02. The lowest BCUT2D eigenvalue weighted by atomic mass is 9.99. The first kappa shape index (κ1) is 17.6. The van der Waals surface area contributed by atoms with Gasteiger partial charge in [0.25, 0.3) is 0 Å². The van der Waals surface area contributed by atoms with E-state index in [9.17, 15) is 0 Å². The number of hydrogen-bond acceptors (Lipinski definition) is 3. The lowest BCUT2D eigenvalue weighted by molar-refractivity contribution is 1.31. The summed E-state index contributed by atoms with van der Waals surface area (Å²) in [5, 5.41) is 0. The first-order chi connectivity index (χ1) is 13.9. The Hall–Kier alpha value is -3.85. The predicted octanol–water partition coefficient (Wildman–Crippen LogP) is 5.40. The van der Waals surface area contributed by atoms with Crippen molar-refractivity contribution in [3.8, 4) is 0 Å². The van der Waals surface area contributed by atoms with Crippen LogP contribution in [0.15, 0.2) is 121 Å². The molecule has 0 saturated carbocycles. The summed E-state index contributed by atoms with van der Waals surface area (Å²) in [6, 6.07) is 28.4. The van der Waals surface area contributed by atoms with E-state index in [0.717, 1.165) is 33.5 Å². The van der Waals surface area contributed by atoms with Crippen molar-refractivity contribution < 1.29 is 0 Å². The van der Waals surface area contributed by atoms with E-state index in [2.05, 4.69) is 34.2 Å². The molecule has 2 heterocycles. The molecule has 2 aromatic heterocycles. The second kappa shape index (κ2) is 8.69. The quantitative estimate of drug-likeness (QED) is 0.446. The van der Waals surface area contributed by atoms with Gasteiger partial charge in [0.2, 0.25) is 0 Å². The molecule has 3 heteroatoms. The molecular formula is C25H19N3. The normalized spacial score (nSPS) is 12.0. The van der Waals surface area contributed by atoms with Crippen LogP contribution in [0, 0.1) is 0 Å². The van der Waals surface area contributed by atoms with Gasteiger partial charge in [0.1, 0.15) is 0 Å². The molecular weight excluding hydrogens is 342 g/mol. The van der Waals surface area contributed by atoms with E-state index in [0.29, 0.717) is 0 Å². The number of aromatic nitrogens is 2. The minimum Gasteiger partial charge on any atom is -0.265 e. The average Bonchev–Trinajstić information content (AvgIpc) is 2.79. The molecule has 0 saturated heterocycles. The Bertz CT molecular complexity index is 898. The number of aliphatic imine (C=N–C) groups is 1. The lowest BCUT2D eigenvalue weighted by Crippen LogP contribution is -2.03. The summed E-state index contributed by atoms with van der Waals surface area (Å²) < 4.78 is 0. The Balaban J connectivity index is 1.87. The van der Waals surface area contributed by atoms with Gasteiger partial charge in [-0.2, -0.15) is 0 Å². The Morgan fingerprint density at radius 3 is 1.54 bits per heavy atom. The van der Waals surface area contributed by atoms with Crippen LogP contribution in [0.25, 0.3) is 5.57 Å². The van der Waals surface area contributed by atoms with Gasteiger partial charge in [-0.1, -0.05) is 60.7 Å². The van der Waals surface area contributed by atoms with Crippen molar-refractivity contribution in [2.24, 2.45) is 4.99 Å². The fraction of sp³-hybridized carbons (Fsp3) is 0. The molecule has 0 spiro atoms. The van der Waals surface area contributed by atoms with Gasteiger partial charge in [-0.05, 0) is 35.4 Å². The zero-order valence-electron chi connectivity index (χ0n) is 15.3. The zero-order valence-corrected chi connectivity index (χ0v) is 15.3. The van der Waals surface area contributed by atoms with Gasteiger partial charge < -0.3 is 0 Å². The van der Waals surface area contributed by atoms with Gasteiger partial charge in [-0.3, -0.25) is 15.0 Å². The molecule has 0 aliphatic carbocycles. The van der Waals surface area contributed by atoms with Gasteiger partial charge in [0.05, 0.1) is 5.71 Å². The molecule has 3 nitrogen and oxygen atoms in total. The average molecular weight is 361 g/mol. The third-order valence-electron chi connectivity index (χ3n) is 4.40. The first-order valence-corrected chi connectivity index (χ1v) is 9.11. The third-order valence-corrected chi connectivity index (χ3v) is 4.40. The second-order valence-corrected chi connectivity index (χ2v) is 6.22. The molecule has 0 radical (unpaired) electrons. The Labute approximate surface area is 164 Å². The molecule has 0 amide bonds. The van der Waals surface area contributed by atoms with Crippen molar-refractivity contribution >= 4 is 11.3 Å². The van der Waals surface area contributed by atoms with E-state index < -0.39 is 0 Å². The Morgan fingerprint density at radius 2 is 0.964 bits per heavy atom. The third kappa shape index (κ3) is 4.10. The molecule has 4 rings (SSSR count). The van der Waals surface area contributed by atoms with Crippen LogP contribution >= 0.6 is 0 Å². The van der Waals surface area contributed by atoms with Crippen LogP contribution in [-0.4, -0.2) is 15.7 Å². The highest BCUT2D eigenvalue weighted by molar-refractivity contribution is 6.13. The molecule has 0 atom stereocenters. The Kier molecular flexibility index (Phi) is 5.45. The van der Waals surface area contributed by atoms with E-state index in [4.69, 9.17) is 4.99 Å². The highest BCUT2D eigenvalue weighted by Crippen LogP contribution is 2.23. The van der Waals surface area contributed by atoms with E-state index in [1.54, 1.807) is 24.8 Å². The van der Waals surface area contributed by atoms with Crippen LogP contribution in [0.5, 0.6) is 0 Å². The summed E-state index contributed by atoms with van der Waals surface area (Å²) in [7, 11) is 0. The summed E-state index contributed by atoms with van der Waals surface area (Å²) in [6.45, 7) is 0. The van der Waals surface area contributed by atoms with Crippen molar-refractivity contribution in [3.63, 3.8) is 0 Å². The van der Waals surface area contributed by atoms with Gasteiger partial charge in [0.15, 0.2) is 0 Å². The molecule has 0 N–H and O–H groups in total. The number of nitrogens with zero attached hydrogens (tertiary/aromatic N) is 3. The van der Waals surface area contributed by atoms with E-state index in [-0.39, 0.29) is 0 Å². The van der Waals surface area contributed by atoms with Crippen molar-refractivity contribution in [2.75, 3.05) is 0 Å². The molecule has 134 valence electrons. The summed E-state index contributed by atoms with van der Waals surface area (Å²) >= 11 is 0. The maximum absolute atomic E-state index is 4.92. The number of pyridine rings is 2. The molecule has 0 unspecified atom stereocenters. The molecule has 0 aliphatic heterocycles. The smallest absolute Gasteiger partial charge is 0.0775 e. The summed E-state index contributed by atoms with van der Waals surface area (Å²) in [6.07, 6.45) is 9.12. The summed E-state index contributed by atoms with van der Waals surface area (Å²) in [5.41, 5.74) is 6.23. The largest absolute Gasteiger partial charge is 0.265 e. The topological polar surface area (TPSA) is 38.1 Å². The summed E-state index contributed by atoms with van der Waals surface area (Å²) in [5.74, 6) is 0. The maximum Gasteiger partial charge on any atom is 0.0775 e. The first-order valence-electron chi connectivity index (χ1n) is 9.11. The minimum atomic E-state index is 0.908. The second-order valence-electron chi connectivity index (χ2n) is 6.22. The molecule has 4 aromatic rings. The Morgan fingerprint density at radius 1 is 0.536 bits per heavy atom. The number of hydrogen-bond donors (Lipinski definition) is 0. The highest BCUT2D eigenvalue weighted by atomic mass is 14.7. The fourth-order valence-electron chi connectivity index (χ4n) is 3.02. The van der Waals surface area contributed by atoms with Crippen molar-refractivity contribution in [3.05, 3.63) is 138 Å². The van der Waals surface area contributed by atoms with E-state index in [1.807, 2.05) is 66.9 Å². The van der Waals surface area contributed by atoms with E-state index >= 15 is 0 Å². The van der Waals surface area contributed by atoms with Crippen LogP contribution < -0.4 is 0 Å². The van der Waals surface area contributed by atoms with Crippen molar-refractivity contribution in [1.82, 2.24) is 9.97 Å². The number of rotatable bonds is 5. The highest BCUT2D eigenvalue weighted by Gasteiger charge is 2.08. The number of benzene rings is 2. The zero-order chi connectivity index (χ0) is 19.0. The minimum absolute atomic E-state index is 0.908. The van der Waals surface area contributed by atoms with Gasteiger partial charge in [-0.15, -0.1) is 0 Å². The summed E-state index contributed by atoms with van der Waals surface area (Å²) in [4.78, 5) is 13.2. The van der Waals surface area contributed by atoms with Crippen LogP contribution in [0.4, 0.5) is 0 Å². The van der Waals surface area contributed by atoms with E-state index in [1.165, 1.54) is 0 Å². The maximum atomic E-state index is 4.92. The molecule has 0 aliphatic rings. The van der Waals surface area contributed by atoms with Crippen molar-refractivity contribution in [1.29, 1.82) is 0 Å². The standard InChI is InChI=1S/C25H19N3/c1-3-7-20(8-4-1)24(21-11-15-26-16-12-21)19-28-25(22-9-5-2-6-10-22)23-13-17-27-18-14-23/h1-19H. The molecule has 0 bridgehead atoms. The molecule has 0 fully saturated rings. The SMILES string of the molecule is C(N=C(c1ccccc1)c1ccncc1)=C(c1ccccc1)c1ccncc1. The van der Waals surface area contributed by atoms with Crippen LogP contribution in [0.3, 0.4) is 0 Å². The van der Waals surface area contributed by atoms with Crippen molar-refractivity contribution in [2.45, 2.75) is 0 Å². The van der Waals surface area contributed by atoms with Crippen LogP contribution in [-0.2, 0) is 0 Å². The molecule has 2 aromatic carbocycles. The van der Waals surface area contributed by atoms with Crippen LogP contribution in [0.1, 0.15) is 22.3 Å². The van der Waals surface area contributed by atoms with Gasteiger partial charge in [0, 0.05) is 47.7 Å². The van der Waals surface area contributed by atoms with Gasteiger partial charge >= 0.3 is 0 Å². The van der Waals surface area contributed by atoms with Crippen LogP contribution in [0.2, 0.25) is 0 Å². The van der Waals surface area contributed by atoms with Gasteiger partial charge in [-0.25, -0.2) is 0 Å². The monoisotopic (exact) mass is 361 g/mol. The lowest BCUT2D eigenvalue weighted by Gasteiger charge is -2.09. The predicted molar refractivity (Wildman–Crippen MR) is 114 cm³/mol. The molecule has 28 heavy (non-hydrogen) atoms.